The SMILES string of the molecule is Cn1nnnc1C(=O)NC12CCC(CC1)Cn1c2nc(C(=O)NCc2ccc(F)cc2)c(O)c1=O. The summed E-state index contributed by atoms with van der Waals surface area (Å²) in [7, 11) is 1.54. The molecule has 6 rings (SSSR count). The van der Waals surface area contributed by atoms with E-state index >= 15 is 0 Å². The number of tetrazole rings is 1. The van der Waals surface area contributed by atoms with Crippen LogP contribution in [0.2, 0.25) is 0 Å². The third-order valence-electron chi connectivity index (χ3n) is 6.73. The second-order valence-electron chi connectivity index (χ2n) is 8.96. The number of hydrogen-bond acceptors (Lipinski definition) is 8. The first-order valence-corrected chi connectivity index (χ1v) is 11.2. The number of amides is 2. The highest BCUT2D eigenvalue weighted by Gasteiger charge is 2.46. The maximum absolute atomic E-state index is 13.1. The maximum Gasteiger partial charge on any atom is 0.296 e. The van der Waals surface area contributed by atoms with Crippen LogP contribution in [0.15, 0.2) is 29.1 Å². The Bertz CT molecular complexity index is 1360. The van der Waals surface area contributed by atoms with E-state index in [2.05, 4.69) is 31.1 Å². The molecule has 3 N–H and O–H groups in total. The van der Waals surface area contributed by atoms with Crippen LogP contribution in [-0.2, 0) is 25.7 Å². The van der Waals surface area contributed by atoms with Gasteiger partial charge in [-0.15, -0.1) is 5.10 Å². The molecule has 0 saturated heterocycles. The Kier molecular flexibility index (Phi) is 5.53. The van der Waals surface area contributed by atoms with E-state index in [4.69, 9.17) is 0 Å². The van der Waals surface area contributed by atoms with Crippen LogP contribution in [0.5, 0.6) is 5.75 Å². The second-order valence-corrected chi connectivity index (χ2v) is 8.96. The number of hydrogen-bond donors (Lipinski definition) is 3. The molecule has 3 aromatic rings. The summed E-state index contributed by atoms with van der Waals surface area (Å²) in [5, 5.41) is 27.1. The van der Waals surface area contributed by atoms with Crippen LogP contribution < -0.4 is 16.2 Å². The van der Waals surface area contributed by atoms with Crippen LogP contribution in [0.3, 0.4) is 0 Å². The van der Waals surface area contributed by atoms with E-state index in [0.717, 1.165) is 12.8 Å². The molecule has 1 aliphatic carbocycles. The molecule has 4 heterocycles. The summed E-state index contributed by atoms with van der Waals surface area (Å²) in [6, 6.07) is 5.56. The minimum atomic E-state index is -1.03. The first-order chi connectivity index (χ1) is 16.8. The fourth-order valence-corrected chi connectivity index (χ4v) is 4.82. The number of halogens is 1. The van der Waals surface area contributed by atoms with Gasteiger partial charge < -0.3 is 15.7 Å². The van der Waals surface area contributed by atoms with Crippen molar-refractivity contribution in [3.63, 3.8) is 0 Å². The zero-order valence-electron chi connectivity index (χ0n) is 18.9. The van der Waals surface area contributed by atoms with Crippen LogP contribution in [0.25, 0.3) is 0 Å². The van der Waals surface area contributed by atoms with Gasteiger partial charge in [0.2, 0.25) is 11.6 Å². The zero-order chi connectivity index (χ0) is 24.7. The summed E-state index contributed by atoms with van der Waals surface area (Å²) in [5.41, 5.74) is -1.57. The lowest BCUT2D eigenvalue weighted by Gasteiger charge is -2.36. The lowest BCUT2D eigenvalue weighted by atomic mass is 9.77. The van der Waals surface area contributed by atoms with Crippen LogP contribution >= 0.6 is 0 Å². The van der Waals surface area contributed by atoms with Gasteiger partial charge in [0, 0.05) is 20.1 Å². The number of nitrogens with zero attached hydrogens (tertiary/aromatic N) is 6. The van der Waals surface area contributed by atoms with Gasteiger partial charge in [0.25, 0.3) is 17.4 Å². The first kappa shape index (κ1) is 22.6. The van der Waals surface area contributed by atoms with Crippen molar-refractivity contribution >= 4 is 11.8 Å². The molecule has 0 atom stereocenters. The van der Waals surface area contributed by atoms with Gasteiger partial charge in [-0.3, -0.25) is 19.0 Å². The predicted octanol–water partition coefficient (Wildman–Crippen LogP) is 0.371. The number of rotatable bonds is 5. The van der Waals surface area contributed by atoms with E-state index < -0.39 is 40.2 Å². The highest BCUT2D eigenvalue weighted by molar-refractivity contribution is 5.94. The van der Waals surface area contributed by atoms with Crippen molar-refractivity contribution in [3.8, 4) is 5.75 Å². The lowest BCUT2D eigenvalue weighted by molar-refractivity contribution is 0.0834. The molecule has 12 nitrogen and oxygen atoms in total. The molecule has 2 aliphatic heterocycles. The standard InChI is InChI=1S/C22H23FN8O4/c1-30-17(27-28-29-30)19(34)26-22-8-6-13(7-9-22)11-31-20(35)16(32)15(25-21(22)31)18(33)24-10-12-2-4-14(23)5-3-12/h2-5,13,32H,6-11H2,1H3,(H,24,33)(H,26,34). The molecule has 182 valence electrons. The average molecular weight is 482 g/mol. The lowest BCUT2D eigenvalue weighted by Crippen LogP contribution is -2.50. The van der Waals surface area contributed by atoms with Crippen molar-refractivity contribution in [3.05, 3.63) is 63.3 Å². The number of fused-ring (bicyclic) bond motifs is 2. The summed E-state index contributed by atoms with van der Waals surface area (Å²) in [6.07, 6.45) is 2.46. The maximum atomic E-state index is 13.1. The number of aryl methyl sites for hydroxylation is 1. The Hall–Kier alpha value is -4.16. The number of nitrogens with one attached hydrogen (secondary N) is 2. The average Bonchev–Trinajstić information content (AvgIpc) is 3.15. The van der Waals surface area contributed by atoms with E-state index in [1.807, 2.05) is 0 Å². The summed E-state index contributed by atoms with van der Waals surface area (Å²) in [5.74, 6) is -2.07. The summed E-state index contributed by atoms with van der Waals surface area (Å²) >= 11 is 0. The molecule has 1 saturated carbocycles. The topological polar surface area (TPSA) is 157 Å². The molecule has 3 aliphatic rings. The molecule has 35 heavy (non-hydrogen) atoms. The Labute approximate surface area is 198 Å². The van der Waals surface area contributed by atoms with Crippen molar-refractivity contribution in [2.45, 2.75) is 44.3 Å². The van der Waals surface area contributed by atoms with E-state index in [9.17, 15) is 23.9 Å². The monoisotopic (exact) mass is 482 g/mol. The Morgan fingerprint density at radius 3 is 2.57 bits per heavy atom. The van der Waals surface area contributed by atoms with Gasteiger partial charge in [-0.2, -0.15) is 0 Å². The third kappa shape index (κ3) is 4.02. The normalized spacial score (nSPS) is 20.7. The number of aromatic nitrogens is 6. The number of benzene rings is 1. The Balaban J connectivity index is 1.50. The van der Waals surface area contributed by atoms with Crippen molar-refractivity contribution in [2.75, 3.05) is 0 Å². The predicted molar refractivity (Wildman–Crippen MR) is 118 cm³/mol. The molecule has 0 spiro atoms. The first-order valence-electron chi connectivity index (χ1n) is 11.2. The van der Waals surface area contributed by atoms with Gasteiger partial charge in [0.15, 0.2) is 5.69 Å². The quantitative estimate of drug-likeness (QED) is 0.471. The van der Waals surface area contributed by atoms with Gasteiger partial charge in [-0.25, -0.2) is 14.1 Å². The zero-order valence-corrected chi connectivity index (χ0v) is 18.9. The van der Waals surface area contributed by atoms with Crippen LogP contribution in [0, 0.1) is 11.7 Å². The fourth-order valence-electron chi connectivity index (χ4n) is 4.82. The minimum Gasteiger partial charge on any atom is -0.501 e. The van der Waals surface area contributed by atoms with E-state index in [0.29, 0.717) is 24.9 Å². The van der Waals surface area contributed by atoms with E-state index in [-0.39, 0.29) is 24.1 Å². The third-order valence-corrected chi connectivity index (χ3v) is 6.73. The summed E-state index contributed by atoms with van der Waals surface area (Å²) < 4.78 is 15.7. The molecule has 1 fully saturated rings. The van der Waals surface area contributed by atoms with Gasteiger partial charge in [-0.05, 0) is 59.7 Å². The molecule has 2 aromatic heterocycles. The smallest absolute Gasteiger partial charge is 0.296 e. The van der Waals surface area contributed by atoms with Crippen molar-refractivity contribution in [1.82, 2.24) is 40.4 Å². The Morgan fingerprint density at radius 1 is 1.20 bits per heavy atom. The largest absolute Gasteiger partial charge is 0.501 e. The molecule has 2 bridgehead atoms. The molecular weight excluding hydrogens is 459 g/mol. The molecule has 1 aromatic carbocycles. The second kappa shape index (κ2) is 8.56. The van der Waals surface area contributed by atoms with Crippen LogP contribution in [0.4, 0.5) is 4.39 Å². The fraction of sp³-hybridized carbons (Fsp3) is 0.409. The highest BCUT2D eigenvalue weighted by atomic mass is 19.1. The minimum absolute atomic E-state index is 0.00400. The van der Waals surface area contributed by atoms with E-state index in [1.165, 1.54) is 40.6 Å². The number of carbonyl (C=O) groups excluding carboxylic acids is 2. The van der Waals surface area contributed by atoms with Crippen molar-refractivity contribution < 1.29 is 19.1 Å². The summed E-state index contributed by atoms with van der Waals surface area (Å²) in [6.45, 7) is 0.372. The number of aromatic hydroxyl groups is 1. The van der Waals surface area contributed by atoms with Crippen LogP contribution in [0.1, 0.15) is 58.2 Å². The molecule has 0 radical (unpaired) electrons. The van der Waals surface area contributed by atoms with E-state index in [1.54, 1.807) is 0 Å². The number of carbonyl (C=O) groups is 2. The van der Waals surface area contributed by atoms with Crippen LogP contribution in [-0.4, -0.2) is 46.7 Å². The molecule has 0 unspecified atom stereocenters. The molecule has 2 amide bonds. The van der Waals surface area contributed by atoms with Gasteiger partial charge in [0.05, 0.1) is 5.54 Å². The molecule has 13 heteroatoms. The van der Waals surface area contributed by atoms with Gasteiger partial charge in [0.1, 0.15) is 11.6 Å². The highest BCUT2D eigenvalue weighted by Crippen LogP contribution is 2.43. The summed E-state index contributed by atoms with van der Waals surface area (Å²) in [4.78, 5) is 43.5. The molecular formula is C22H23FN8O4. The van der Waals surface area contributed by atoms with Gasteiger partial charge >= 0.3 is 0 Å². The van der Waals surface area contributed by atoms with Crippen molar-refractivity contribution in [1.29, 1.82) is 0 Å². The van der Waals surface area contributed by atoms with Gasteiger partial charge in [-0.1, -0.05) is 12.1 Å². The Morgan fingerprint density at radius 2 is 1.91 bits per heavy atom. The van der Waals surface area contributed by atoms with Crippen molar-refractivity contribution in [2.24, 2.45) is 13.0 Å².